The molecular formula is C68H42N4. The highest BCUT2D eigenvalue weighted by Gasteiger charge is 2.24. The van der Waals surface area contributed by atoms with E-state index in [4.69, 9.17) is 0 Å². The fourth-order valence-electron chi connectivity index (χ4n) is 10.9. The van der Waals surface area contributed by atoms with E-state index in [1.165, 1.54) is 16.3 Å². The zero-order valence-electron chi connectivity index (χ0n) is 39.0. The Balaban J connectivity index is 1.04. The summed E-state index contributed by atoms with van der Waals surface area (Å²) in [7, 11) is 0. The summed E-state index contributed by atoms with van der Waals surface area (Å²) >= 11 is 0. The topological polar surface area (TPSA) is 55.8 Å². The number of hydrogen-bond donors (Lipinski definition) is 0. The van der Waals surface area contributed by atoms with Crippen LogP contribution >= 0.6 is 0 Å². The Labute approximate surface area is 417 Å². The number of nitrogens with zero attached hydrogens (tertiary/aromatic N) is 4. The number of nitriles is 2. The van der Waals surface area contributed by atoms with Crippen molar-refractivity contribution in [3.05, 3.63) is 266 Å². The summed E-state index contributed by atoms with van der Waals surface area (Å²) in [5.74, 6) is 0. The second-order valence-corrected chi connectivity index (χ2v) is 18.3. The largest absolute Gasteiger partial charge is 0.309 e. The predicted molar refractivity (Wildman–Crippen MR) is 299 cm³/mol. The summed E-state index contributed by atoms with van der Waals surface area (Å²) in [6.07, 6.45) is 0. The SMILES string of the molecule is N#Cc1cc(C#N)cc(N(c2cccc(-n3c4ccc(-c5ccccc5)cc4c4cc(-c5ccccc5)ccc43)c2)c2c3ccccc3c(-c3ccc(-c4cccc5ccccc45)cc3)c3ccccc23)c1. The monoisotopic (exact) mass is 914 g/mol. The van der Waals surface area contributed by atoms with E-state index in [0.29, 0.717) is 16.8 Å². The molecule has 0 atom stereocenters. The van der Waals surface area contributed by atoms with Gasteiger partial charge in [0.05, 0.1) is 40.0 Å². The molecule has 0 spiro atoms. The van der Waals surface area contributed by atoms with Crippen LogP contribution in [0.15, 0.2) is 255 Å². The molecule has 4 heteroatoms. The molecule has 0 saturated carbocycles. The van der Waals surface area contributed by atoms with Crippen LogP contribution in [0.5, 0.6) is 0 Å². The van der Waals surface area contributed by atoms with Crippen LogP contribution in [-0.4, -0.2) is 4.57 Å². The molecule has 0 N–H and O–H groups in total. The van der Waals surface area contributed by atoms with Crippen molar-refractivity contribution in [1.29, 1.82) is 10.5 Å². The van der Waals surface area contributed by atoms with Gasteiger partial charge in [-0.15, -0.1) is 0 Å². The molecule has 12 aromatic carbocycles. The lowest BCUT2D eigenvalue weighted by Crippen LogP contribution is -2.13. The van der Waals surface area contributed by atoms with Crippen LogP contribution in [0.1, 0.15) is 11.1 Å². The molecule has 13 rings (SSSR count). The Morgan fingerprint density at radius 1 is 0.319 bits per heavy atom. The highest BCUT2D eigenvalue weighted by molar-refractivity contribution is 6.22. The number of rotatable bonds is 8. The van der Waals surface area contributed by atoms with Gasteiger partial charge in [0.2, 0.25) is 0 Å². The summed E-state index contributed by atoms with van der Waals surface area (Å²) in [5.41, 5.74) is 15.8. The van der Waals surface area contributed by atoms with Crippen molar-refractivity contribution in [2.75, 3.05) is 4.90 Å². The van der Waals surface area contributed by atoms with E-state index in [9.17, 15) is 10.5 Å². The van der Waals surface area contributed by atoms with Crippen molar-refractivity contribution in [2.24, 2.45) is 0 Å². The number of benzene rings is 12. The molecule has 4 nitrogen and oxygen atoms in total. The van der Waals surface area contributed by atoms with Crippen LogP contribution in [-0.2, 0) is 0 Å². The minimum absolute atomic E-state index is 0.410. The maximum Gasteiger partial charge on any atom is 0.0992 e. The van der Waals surface area contributed by atoms with Gasteiger partial charge in [-0.2, -0.15) is 10.5 Å². The Hall–Kier alpha value is -10.0. The van der Waals surface area contributed by atoms with Gasteiger partial charge in [-0.25, -0.2) is 0 Å². The number of fused-ring (bicyclic) bond motifs is 6. The van der Waals surface area contributed by atoms with Crippen LogP contribution < -0.4 is 4.90 Å². The number of anilines is 3. The van der Waals surface area contributed by atoms with Crippen molar-refractivity contribution >= 4 is 71.2 Å². The lowest BCUT2D eigenvalue weighted by Gasteiger charge is -2.30. The van der Waals surface area contributed by atoms with E-state index >= 15 is 0 Å². The van der Waals surface area contributed by atoms with Gasteiger partial charge < -0.3 is 9.47 Å². The van der Waals surface area contributed by atoms with E-state index in [-0.39, 0.29) is 0 Å². The van der Waals surface area contributed by atoms with E-state index in [2.05, 4.69) is 258 Å². The second kappa shape index (κ2) is 17.5. The average Bonchev–Trinajstić information content (AvgIpc) is 3.78. The maximum absolute atomic E-state index is 10.4. The molecule has 72 heavy (non-hydrogen) atoms. The van der Waals surface area contributed by atoms with E-state index < -0.39 is 0 Å². The Morgan fingerprint density at radius 3 is 1.39 bits per heavy atom. The first-order valence-electron chi connectivity index (χ1n) is 24.2. The molecule has 1 aromatic heterocycles. The lowest BCUT2D eigenvalue weighted by molar-refractivity contribution is 1.17. The van der Waals surface area contributed by atoms with Gasteiger partial charge in [-0.1, -0.05) is 194 Å². The second-order valence-electron chi connectivity index (χ2n) is 18.3. The zero-order valence-corrected chi connectivity index (χ0v) is 39.0. The Morgan fingerprint density at radius 2 is 0.806 bits per heavy atom. The summed E-state index contributed by atoms with van der Waals surface area (Å²) in [6.45, 7) is 0. The van der Waals surface area contributed by atoms with Crippen LogP contribution in [0, 0.1) is 22.7 Å². The Bertz CT molecular complexity index is 4150. The van der Waals surface area contributed by atoms with Crippen molar-refractivity contribution in [3.63, 3.8) is 0 Å². The van der Waals surface area contributed by atoms with Crippen molar-refractivity contribution in [1.82, 2.24) is 4.57 Å². The standard InChI is InChI=1S/C68H42N4/c69-43-45-37-46(44-70)39-56(38-45)71(68-61-26-11-9-24-59(61)67(60-25-10-12-27-62(60)68)51-31-29-50(30-32-51)58-28-13-20-49-19-7-8-23-57(49)58)54-21-14-22-55(42-54)72-65-35-33-52(47-15-3-1-4-16-47)40-63(65)64-41-53(34-36-66(64)72)48-17-5-2-6-18-48/h1-42H. The lowest BCUT2D eigenvalue weighted by atomic mass is 9.89. The molecule has 0 fully saturated rings. The predicted octanol–water partition coefficient (Wildman–Crippen LogP) is 18.1. The van der Waals surface area contributed by atoms with E-state index in [1.54, 1.807) is 6.07 Å². The van der Waals surface area contributed by atoms with Crippen molar-refractivity contribution in [3.8, 4) is 62.3 Å². The number of aromatic nitrogens is 1. The quantitative estimate of drug-likeness (QED) is 0.143. The van der Waals surface area contributed by atoms with Crippen molar-refractivity contribution in [2.45, 2.75) is 0 Å². The average molecular weight is 915 g/mol. The maximum atomic E-state index is 10.4. The first-order valence-corrected chi connectivity index (χ1v) is 24.2. The Kier molecular flexibility index (Phi) is 10.2. The van der Waals surface area contributed by atoms with Crippen LogP contribution in [0.3, 0.4) is 0 Å². The molecule has 0 bridgehead atoms. The van der Waals surface area contributed by atoms with E-state index in [0.717, 1.165) is 99.4 Å². The molecule has 1 heterocycles. The van der Waals surface area contributed by atoms with Gasteiger partial charge in [0.15, 0.2) is 0 Å². The minimum Gasteiger partial charge on any atom is -0.309 e. The minimum atomic E-state index is 0.410. The van der Waals surface area contributed by atoms with Gasteiger partial charge in [0.1, 0.15) is 0 Å². The van der Waals surface area contributed by atoms with Crippen LogP contribution in [0.25, 0.3) is 104 Å². The fourth-order valence-corrected chi connectivity index (χ4v) is 10.9. The fraction of sp³-hybridized carbons (Fsp3) is 0. The van der Waals surface area contributed by atoms with Crippen LogP contribution in [0.4, 0.5) is 17.1 Å². The third-order valence-electron chi connectivity index (χ3n) is 14.2. The summed E-state index contributed by atoms with van der Waals surface area (Å²) in [6, 6.07) is 94.7. The zero-order chi connectivity index (χ0) is 48.1. The summed E-state index contributed by atoms with van der Waals surface area (Å²) < 4.78 is 2.36. The van der Waals surface area contributed by atoms with Crippen molar-refractivity contribution < 1.29 is 0 Å². The highest BCUT2D eigenvalue weighted by atomic mass is 15.1. The molecule has 0 amide bonds. The molecule has 0 aliphatic carbocycles. The molecule has 0 unspecified atom stereocenters. The number of hydrogen-bond acceptors (Lipinski definition) is 3. The molecular weight excluding hydrogens is 873 g/mol. The van der Waals surface area contributed by atoms with Gasteiger partial charge >= 0.3 is 0 Å². The van der Waals surface area contributed by atoms with Gasteiger partial charge in [-0.05, 0) is 127 Å². The first kappa shape index (κ1) is 42.1. The third kappa shape index (κ3) is 7.14. The molecule has 13 aromatic rings. The first-order chi connectivity index (χ1) is 35.6. The van der Waals surface area contributed by atoms with Gasteiger partial charge in [0.25, 0.3) is 0 Å². The third-order valence-corrected chi connectivity index (χ3v) is 14.2. The van der Waals surface area contributed by atoms with Gasteiger partial charge in [-0.3, -0.25) is 0 Å². The molecule has 0 radical (unpaired) electrons. The molecule has 0 aliphatic heterocycles. The normalized spacial score (nSPS) is 11.3. The highest BCUT2D eigenvalue weighted by Crippen LogP contribution is 2.49. The molecule has 334 valence electrons. The summed E-state index contributed by atoms with van der Waals surface area (Å²) in [4.78, 5) is 2.25. The van der Waals surface area contributed by atoms with Gasteiger partial charge in [0, 0.05) is 38.6 Å². The van der Waals surface area contributed by atoms with E-state index in [1.807, 2.05) is 12.1 Å². The summed E-state index contributed by atoms with van der Waals surface area (Å²) in [5, 5.41) is 29.9. The molecule has 0 aliphatic rings. The van der Waals surface area contributed by atoms with Crippen LogP contribution in [0.2, 0.25) is 0 Å². The molecule has 0 saturated heterocycles. The smallest absolute Gasteiger partial charge is 0.0992 e.